The molecule has 5 nitrogen and oxygen atoms in total. The standard InChI is InChI=1S/C21H21N3O2S/c25-20(10-24-18-3-4-19(24)12-26-11-18)7-17-6-16-5-14(21-9-22-13-27-21)1-2-15(16)8-23-17/h1-2,5-6,8-9,13,18-19H,3-4,7,10-12H2. The second-order valence-corrected chi connectivity index (χ2v) is 8.30. The van der Waals surface area contributed by atoms with Crippen molar-refractivity contribution in [1.29, 1.82) is 0 Å². The van der Waals surface area contributed by atoms with Crippen LogP contribution in [0.2, 0.25) is 0 Å². The molecule has 4 heterocycles. The highest BCUT2D eigenvalue weighted by atomic mass is 32.1. The quantitative estimate of drug-likeness (QED) is 0.681. The summed E-state index contributed by atoms with van der Waals surface area (Å²) in [7, 11) is 0. The highest BCUT2D eigenvalue weighted by molar-refractivity contribution is 7.13. The van der Waals surface area contributed by atoms with Gasteiger partial charge in [-0.1, -0.05) is 12.1 Å². The van der Waals surface area contributed by atoms with E-state index >= 15 is 0 Å². The Hall–Kier alpha value is -2.15. The number of carbonyl (C=O) groups is 1. The fourth-order valence-electron chi connectivity index (χ4n) is 4.23. The predicted octanol–water partition coefficient (Wildman–Crippen LogP) is 3.33. The van der Waals surface area contributed by atoms with Gasteiger partial charge in [0.2, 0.25) is 0 Å². The monoisotopic (exact) mass is 379 g/mol. The van der Waals surface area contributed by atoms with Crippen molar-refractivity contribution in [3.8, 4) is 10.4 Å². The summed E-state index contributed by atoms with van der Waals surface area (Å²) in [6, 6.07) is 9.20. The molecule has 2 atom stereocenters. The van der Waals surface area contributed by atoms with Gasteiger partial charge < -0.3 is 4.74 Å². The van der Waals surface area contributed by atoms with Crippen LogP contribution in [0.5, 0.6) is 0 Å². The van der Waals surface area contributed by atoms with E-state index in [9.17, 15) is 4.79 Å². The summed E-state index contributed by atoms with van der Waals surface area (Å²) in [5.74, 6) is 0.235. The van der Waals surface area contributed by atoms with Crippen LogP contribution in [0.1, 0.15) is 18.5 Å². The summed E-state index contributed by atoms with van der Waals surface area (Å²) in [5, 5.41) is 2.20. The summed E-state index contributed by atoms with van der Waals surface area (Å²) < 4.78 is 5.61. The number of fused-ring (bicyclic) bond motifs is 3. The minimum atomic E-state index is 0.235. The third-order valence-corrected chi connectivity index (χ3v) is 6.45. The third-order valence-electron chi connectivity index (χ3n) is 5.62. The molecule has 0 amide bonds. The van der Waals surface area contributed by atoms with Crippen molar-refractivity contribution in [1.82, 2.24) is 14.9 Å². The molecule has 2 saturated heterocycles. The van der Waals surface area contributed by atoms with Crippen molar-refractivity contribution in [2.24, 2.45) is 0 Å². The highest BCUT2D eigenvalue weighted by Crippen LogP contribution is 2.29. The Morgan fingerprint density at radius 2 is 2.00 bits per heavy atom. The smallest absolute Gasteiger partial charge is 0.152 e. The molecule has 2 aliphatic rings. The van der Waals surface area contributed by atoms with Gasteiger partial charge in [-0.05, 0) is 35.9 Å². The molecule has 2 aliphatic heterocycles. The lowest BCUT2D eigenvalue weighted by atomic mass is 10.1. The van der Waals surface area contributed by atoms with Gasteiger partial charge in [-0.15, -0.1) is 11.3 Å². The Morgan fingerprint density at radius 3 is 2.78 bits per heavy atom. The number of carbonyl (C=O) groups excluding carboxylic acids is 1. The Bertz CT molecular complexity index is 957. The molecule has 2 fully saturated rings. The number of hydrogen-bond acceptors (Lipinski definition) is 6. The molecule has 5 rings (SSSR count). The molecule has 3 aromatic rings. The zero-order valence-corrected chi connectivity index (χ0v) is 15.8. The normalized spacial score (nSPS) is 22.4. The number of hydrogen-bond donors (Lipinski definition) is 0. The van der Waals surface area contributed by atoms with Crippen LogP contribution >= 0.6 is 11.3 Å². The Balaban J connectivity index is 1.33. The molecule has 6 heteroatoms. The number of ether oxygens (including phenoxy) is 1. The zero-order chi connectivity index (χ0) is 18.2. The molecule has 2 aromatic heterocycles. The first-order valence-electron chi connectivity index (χ1n) is 9.39. The van der Waals surface area contributed by atoms with Crippen LogP contribution in [0.3, 0.4) is 0 Å². The first-order valence-corrected chi connectivity index (χ1v) is 10.3. The van der Waals surface area contributed by atoms with Gasteiger partial charge in [-0.2, -0.15) is 0 Å². The van der Waals surface area contributed by atoms with Crippen LogP contribution in [0.15, 0.2) is 42.2 Å². The lowest BCUT2D eigenvalue weighted by Crippen LogP contribution is -2.48. The summed E-state index contributed by atoms with van der Waals surface area (Å²) in [4.78, 5) is 24.8. The maximum Gasteiger partial charge on any atom is 0.152 e. The molecular weight excluding hydrogens is 358 g/mol. The Labute approximate surface area is 162 Å². The number of ketones is 1. The molecule has 1 aromatic carbocycles. The van der Waals surface area contributed by atoms with E-state index in [2.05, 4.69) is 33.1 Å². The fourth-order valence-corrected chi connectivity index (χ4v) is 4.85. The van der Waals surface area contributed by atoms with Gasteiger partial charge in [0.05, 0.1) is 36.6 Å². The third kappa shape index (κ3) is 3.40. The minimum Gasteiger partial charge on any atom is -0.378 e. The van der Waals surface area contributed by atoms with Crippen molar-refractivity contribution in [3.63, 3.8) is 0 Å². The van der Waals surface area contributed by atoms with E-state index in [1.807, 2.05) is 24.0 Å². The molecule has 0 N–H and O–H groups in total. The van der Waals surface area contributed by atoms with Crippen LogP contribution in [0.25, 0.3) is 21.2 Å². The summed E-state index contributed by atoms with van der Waals surface area (Å²) in [6.45, 7) is 2.04. The predicted molar refractivity (Wildman–Crippen MR) is 106 cm³/mol. The second kappa shape index (κ2) is 7.11. The highest BCUT2D eigenvalue weighted by Gasteiger charge is 2.37. The van der Waals surface area contributed by atoms with Gasteiger partial charge in [-0.3, -0.25) is 19.7 Å². The van der Waals surface area contributed by atoms with Crippen LogP contribution in [-0.4, -0.2) is 52.5 Å². The Morgan fingerprint density at radius 1 is 1.15 bits per heavy atom. The average Bonchev–Trinajstić information content (AvgIpc) is 3.27. The molecule has 0 aliphatic carbocycles. The number of aromatic nitrogens is 2. The van der Waals surface area contributed by atoms with E-state index in [0.717, 1.165) is 53.0 Å². The van der Waals surface area contributed by atoms with Gasteiger partial charge in [-0.25, -0.2) is 0 Å². The molecule has 27 heavy (non-hydrogen) atoms. The van der Waals surface area contributed by atoms with Gasteiger partial charge in [0.25, 0.3) is 0 Å². The van der Waals surface area contributed by atoms with Gasteiger partial charge in [0.15, 0.2) is 5.78 Å². The van der Waals surface area contributed by atoms with Crippen molar-refractivity contribution in [3.05, 3.63) is 47.9 Å². The van der Waals surface area contributed by atoms with Crippen molar-refractivity contribution < 1.29 is 9.53 Å². The SMILES string of the molecule is O=C(Cc1cc2cc(-c3cncs3)ccc2cn1)CN1C2CCC1COC2. The average molecular weight is 379 g/mol. The topological polar surface area (TPSA) is 55.3 Å². The van der Waals surface area contributed by atoms with Gasteiger partial charge in [0, 0.05) is 35.6 Å². The summed E-state index contributed by atoms with van der Waals surface area (Å²) in [6.07, 6.45) is 6.43. The number of morpholine rings is 1. The van der Waals surface area contributed by atoms with E-state index < -0.39 is 0 Å². The van der Waals surface area contributed by atoms with Crippen molar-refractivity contribution >= 4 is 27.9 Å². The zero-order valence-electron chi connectivity index (χ0n) is 15.0. The van der Waals surface area contributed by atoms with Crippen LogP contribution in [0.4, 0.5) is 0 Å². The maximum atomic E-state index is 12.7. The van der Waals surface area contributed by atoms with Gasteiger partial charge >= 0.3 is 0 Å². The first-order chi connectivity index (χ1) is 13.3. The molecular formula is C21H21N3O2S. The summed E-state index contributed by atoms with van der Waals surface area (Å²) >= 11 is 1.63. The fraction of sp³-hybridized carbons (Fsp3) is 0.381. The first kappa shape index (κ1) is 17.0. The van der Waals surface area contributed by atoms with E-state index in [1.165, 1.54) is 0 Å². The van der Waals surface area contributed by atoms with E-state index in [1.54, 1.807) is 11.3 Å². The van der Waals surface area contributed by atoms with Crippen LogP contribution in [0, 0.1) is 0 Å². The minimum absolute atomic E-state index is 0.235. The van der Waals surface area contributed by atoms with Gasteiger partial charge in [0.1, 0.15) is 0 Å². The number of benzene rings is 1. The second-order valence-electron chi connectivity index (χ2n) is 7.41. The molecule has 2 unspecified atom stereocenters. The Kier molecular flexibility index (Phi) is 4.47. The van der Waals surface area contributed by atoms with E-state index in [0.29, 0.717) is 25.0 Å². The van der Waals surface area contributed by atoms with E-state index in [4.69, 9.17) is 4.74 Å². The lowest BCUT2D eigenvalue weighted by molar-refractivity contribution is -0.122. The number of rotatable bonds is 5. The van der Waals surface area contributed by atoms with Crippen molar-refractivity contribution in [2.45, 2.75) is 31.3 Å². The number of thiazole rings is 1. The van der Waals surface area contributed by atoms with Crippen molar-refractivity contribution in [2.75, 3.05) is 19.8 Å². The van der Waals surface area contributed by atoms with Crippen LogP contribution in [-0.2, 0) is 16.0 Å². The molecule has 0 spiro atoms. The molecule has 2 bridgehead atoms. The van der Waals surface area contributed by atoms with Crippen LogP contribution < -0.4 is 0 Å². The maximum absolute atomic E-state index is 12.7. The molecule has 0 saturated carbocycles. The number of nitrogens with zero attached hydrogens (tertiary/aromatic N) is 3. The largest absolute Gasteiger partial charge is 0.378 e. The summed E-state index contributed by atoms with van der Waals surface area (Å²) in [5.41, 5.74) is 3.84. The number of Topliss-reactive ketones (excluding diaryl/α,β-unsaturated/α-hetero) is 1. The van der Waals surface area contributed by atoms with E-state index in [-0.39, 0.29) is 5.78 Å². The number of pyridine rings is 1. The lowest BCUT2D eigenvalue weighted by Gasteiger charge is -2.33. The molecule has 0 radical (unpaired) electrons. The molecule has 138 valence electrons.